The first kappa shape index (κ1) is 15.4. The van der Waals surface area contributed by atoms with Gasteiger partial charge in [-0.15, -0.1) is 0 Å². The zero-order valence-corrected chi connectivity index (χ0v) is 13.5. The summed E-state index contributed by atoms with van der Waals surface area (Å²) >= 11 is 7.57. The molecule has 0 amide bonds. The van der Waals surface area contributed by atoms with Crippen molar-refractivity contribution in [2.75, 3.05) is 6.26 Å². The van der Waals surface area contributed by atoms with Crippen molar-refractivity contribution >= 4 is 34.2 Å². The minimum Gasteiger partial charge on any atom is -0.271 e. The van der Waals surface area contributed by atoms with Gasteiger partial charge in [-0.2, -0.15) is 10.4 Å². The predicted octanol–water partition coefficient (Wildman–Crippen LogP) is 3.56. The molecule has 0 fully saturated rings. The molecular formula is C14H14ClN5S. The number of halogens is 1. The monoisotopic (exact) mass is 319 g/mol. The van der Waals surface area contributed by atoms with E-state index in [-0.39, 0.29) is 0 Å². The minimum absolute atomic E-state index is 0.526. The first-order chi connectivity index (χ1) is 10.1. The first-order valence-electron chi connectivity index (χ1n) is 6.17. The van der Waals surface area contributed by atoms with Crippen LogP contribution >= 0.6 is 23.4 Å². The summed E-state index contributed by atoms with van der Waals surface area (Å²) in [6.07, 6.45) is 3.73. The molecule has 0 spiro atoms. The lowest BCUT2D eigenvalue weighted by Crippen LogP contribution is -2.12. The van der Waals surface area contributed by atoms with E-state index in [4.69, 9.17) is 16.9 Å². The highest BCUT2D eigenvalue weighted by molar-refractivity contribution is 8.13. The molecule has 1 N–H and O–H groups in total. The van der Waals surface area contributed by atoms with E-state index in [1.54, 1.807) is 4.68 Å². The second-order valence-electron chi connectivity index (χ2n) is 4.24. The summed E-state index contributed by atoms with van der Waals surface area (Å²) in [5.41, 5.74) is 3.16. The van der Waals surface area contributed by atoms with Gasteiger partial charge in [0.25, 0.3) is 0 Å². The normalized spacial score (nSPS) is 11.3. The fraction of sp³-hybridized carbons (Fsp3) is 0.214. The first-order valence-corrected chi connectivity index (χ1v) is 7.77. The smallest absolute Gasteiger partial charge is 0.183 e. The number of para-hydroxylation sites is 2. The van der Waals surface area contributed by atoms with E-state index < -0.39 is 0 Å². The van der Waals surface area contributed by atoms with Crippen LogP contribution in [0.25, 0.3) is 5.69 Å². The number of nitriles is 1. The van der Waals surface area contributed by atoms with E-state index in [2.05, 4.69) is 15.4 Å². The molecule has 1 aromatic carbocycles. The number of nitrogens with one attached hydrogen (secondary N) is 1. The SMILES string of the molecule is CSC(=Nc1ccccc1-n1nc(C)c(Cl)c1C)NC#N. The van der Waals surface area contributed by atoms with Crippen LogP contribution in [-0.4, -0.2) is 21.2 Å². The zero-order chi connectivity index (χ0) is 15.4. The molecule has 0 bridgehead atoms. The van der Waals surface area contributed by atoms with Crippen LogP contribution in [0.15, 0.2) is 29.3 Å². The van der Waals surface area contributed by atoms with Crippen molar-refractivity contribution in [1.29, 1.82) is 5.26 Å². The Morgan fingerprint density at radius 1 is 1.43 bits per heavy atom. The van der Waals surface area contributed by atoms with Crippen molar-refractivity contribution in [3.63, 3.8) is 0 Å². The number of benzene rings is 1. The van der Waals surface area contributed by atoms with Crippen LogP contribution in [0.2, 0.25) is 5.02 Å². The number of thioether (sulfide) groups is 1. The Labute approximate surface area is 132 Å². The molecule has 1 aromatic heterocycles. The van der Waals surface area contributed by atoms with Crippen molar-refractivity contribution in [2.45, 2.75) is 13.8 Å². The summed E-state index contributed by atoms with van der Waals surface area (Å²) in [7, 11) is 0. The van der Waals surface area contributed by atoms with Crippen molar-refractivity contribution in [1.82, 2.24) is 15.1 Å². The van der Waals surface area contributed by atoms with E-state index in [0.29, 0.717) is 15.9 Å². The fourth-order valence-corrected chi connectivity index (χ4v) is 2.33. The quantitative estimate of drug-likeness (QED) is 0.398. The third-order valence-corrected chi connectivity index (χ3v) is 4.02. The molecule has 0 unspecified atom stereocenters. The van der Waals surface area contributed by atoms with Crippen LogP contribution in [0.5, 0.6) is 0 Å². The highest BCUT2D eigenvalue weighted by Crippen LogP contribution is 2.28. The maximum Gasteiger partial charge on any atom is 0.183 e. The molecule has 0 atom stereocenters. The van der Waals surface area contributed by atoms with Crippen LogP contribution in [-0.2, 0) is 0 Å². The van der Waals surface area contributed by atoms with Crippen LogP contribution in [0.1, 0.15) is 11.4 Å². The Kier molecular flexibility index (Phi) is 4.89. The van der Waals surface area contributed by atoms with Gasteiger partial charge < -0.3 is 0 Å². The standard InChI is InChI=1S/C14H14ClN5S/c1-9-13(15)10(2)20(19-9)12-7-5-4-6-11(12)18-14(21-3)17-8-16/h4-7H,1-3H3,(H,17,18). The number of rotatable bonds is 2. The van der Waals surface area contributed by atoms with Gasteiger partial charge in [0, 0.05) is 0 Å². The van der Waals surface area contributed by atoms with Crippen LogP contribution in [0.4, 0.5) is 5.69 Å². The van der Waals surface area contributed by atoms with Gasteiger partial charge in [-0.1, -0.05) is 35.5 Å². The third kappa shape index (κ3) is 3.20. The maximum absolute atomic E-state index is 8.73. The summed E-state index contributed by atoms with van der Waals surface area (Å²) in [4.78, 5) is 4.47. The molecular weight excluding hydrogens is 306 g/mol. The second-order valence-corrected chi connectivity index (χ2v) is 5.42. The van der Waals surface area contributed by atoms with Crippen molar-refractivity contribution in [3.8, 4) is 11.9 Å². The molecule has 7 heteroatoms. The number of aromatic nitrogens is 2. The van der Waals surface area contributed by atoms with Gasteiger partial charge in [-0.3, -0.25) is 5.32 Å². The number of aryl methyl sites for hydroxylation is 1. The molecule has 0 saturated carbocycles. The largest absolute Gasteiger partial charge is 0.271 e. The molecule has 5 nitrogen and oxygen atoms in total. The van der Waals surface area contributed by atoms with Crippen molar-refractivity contribution in [3.05, 3.63) is 40.7 Å². The molecule has 108 valence electrons. The lowest BCUT2D eigenvalue weighted by molar-refractivity contribution is 0.834. The van der Waals surface area contributed by atoms with Gasteiger partial charge in [0.2, 0.25) is 0 Å². The number of amidine groups is 1. The average Bonchev–Trinajstić information content (AvgIpc) is 2.75. The summed E-state index contributed by atoms with van der Waals surface area (Å²) in [5, 5.41) is 16.9. The molecule has 0 aliphatic heterocycles. The highest BCUT2D eigenvalue weighted by Gasteiger charge is 2.13. The molecule has 1 heterocycles. The van der Waals surface area contributed by atoms with E-state index in [1.807, 2.05) is 50.6 Å². The van der Waals surface area contributed by atoms with Crippen LogP contribution < -0.4 is 5.32 Å². The van der Waals surface area contributed by atoms with Gasteiger partial charge in [0.15, 0.2) is 11.4 Å². The molecule has 2 rings (SSSR count). The van der Waals surface area contributed by atoms with E-state index in [9.17, 15) is 0 Å². The van der Waals surface area contributed by atoms with Crippen LogP contribution in [0, 0.1) is 25.3 Å². The Balaban J connectivity index is 2.56. The topological polar surface area (TPSA) is 66.0 Å². The molecule has 2 aromatic rings. The maximum atomic E-state index is 8.73. The van der Waals surface area contributed by atoms with E-state index in [1.165, 1.54) is 11.8 Å². The number of hydrogen-bond acceptors (Lipinski definition) is 4. The van der Waals surface area contributed by atoms with Crippen molar-refractivity contribution in [2.24, 2.45) is 4.99 Å². The molecule has 0 saturated heterocycles. The lowest BCUT2D eigenvalue weighted by Gasteiger charge is -2.09. The summed E-state index contributed by atoms with van der Waals surface area (Å²) in [6, 6.07) is 7.59. The average molecular weight is 320 g/mol. The Morgan fingerprint density at radius 2 is 2.14 bits per heavy atom. The zero-order valence-electron chi connectivity index (χ0n) is 11.9. The number of aliphatic imine (C=N–C) groups is 1. The highest BCUT2D eigenvalue weighted by atomic mass is 35.5. The Bertz CT molecular complexity index is 729. The van der Waals surface area contributed by atoms with Gasteiger partial charge >= 0.3 is 0 Å². The summed E-state index contributed by atoms with van der Waals surface area (Å²) in [6.45, 7) is 3.77. The second kappa shape index (κ2) is 6.66. The van der Waals surface area contributed by atoms with E-state index in [0.717, 1.165) is 17.1 Å². The summed E-state index contributed by atoms with van der Waals surface area (Å²) < 4.78 is 1.76. The molecule has 0 aliphatic rings. The Morgan fingerprint density at radius 3 is 2.71 bits per heavy atom. The molecule has 21 heavy (non-hydrogen) atoms. The number of nitrogens with zero attached hydrogens (tertiary/aromatic N) is 4. The third-order valence-electron chi connectivity index (χ3n) is 2.89. The van der Waals surface area contributed by atoms with Crippen molar-refractivity contribution < 1.29 is 0 Å². The lowest BCUT2D eigenvalue weighted by atomic mass is 10.2. The molecule has 0 aliphatic carbocycles. The predicted molar refractivity (Wildman–Crippen MR) is 87.4 cm³/mol. The van der Waals surface area contributed by atoms with E-state index >= 15 is 0 Å². The Hall–Kier alpha value is -1.97. The van der Waals surface area contributed by atoms with Gasteiger partial charge in [0.05, 0.1) is 27.8 Å². The van der Waals surface area contributed by atoms with Crippen LogP contribution in [0.3, 0.4) is 0 Å². The van der Waals surface area contributed by atoms with Gasteiger partial charge in [-0.05, 0) is 32.2 Å². The number of hydrogen-bond donors (Lipinski definition) is 1. The summed E-state index contributed by atoms with van der Waals surface area (Å²) in [5.74, 6) is 0. The fourth-order valence-electron chi connectivity index (χ4n) is 1.88. The van der Waals surface area contributed by atoms with Gasteiger partial charge in [-0.25, -0.2) is 9.67 Å². The van der Waals surface area contributed by atoms with Gasteiger partial charge in [0.1, 0.15) is 0 Å². The molecule has 0 radical (unpaired) electrons. The minimum atomic E-state index is 0.526.